The van der Waals surface area contributed by atoms with Gasteiger partial charge in [-0.2, -0.15) is 0 Å². The van der Waals surface area contributed by atoms with Crippen molar-refractivity contribution in [3.63, 3.8) is 0 Å². The standard InChI is InChI=1S/C28H33ClFN5O4S/c1-19(2)35(28(37)21-10-12-33(13-11-21)27(36)15-29)26-9-8-22(17-32-26)40(38,39)34-18-20(16-31-3)14-25(34)23-6-4-5-7-24(23)30/h4-9,14,17-19,21,31H,10-13,15-16H2,1-3H3. The Bertz CT molecular complexity index is 1470. The fraction of sp³-hybridized carbons (Fsp3) is 0.393. The molecule has 9 nitrogen and oxygen atoms in total. The van der Waals surface area contributed by atoms with Crippen molar-refractivity contribution in [2.45, 2.75) is 44.2 Å². The summed E-state index contributed by atoms with van der Waals surface area (Å²) in [6.07, 6.45) is 3.71. The Morgan fingerprint density at radius 3 is 2.45 bits per heavy atom. The zero-order chi connectivity index (χ0) is 29.0. The highest BCUT2D eigenvalue weighted by molar-refractivity contribution is 7.90. The van der Waals surface area contributed by atoms with Gasteiger partial charge in [0.1, 0.15) is 22.4 Å². The average molecular weight is 590 g/mol. The lowest BCUT2D eigenvalue weighted by Gasteiger charge is -2.35. The van der Waals surface area contributed by atoms with E-state index in [-0.39, 0.29) is 45.8 Å². The molecule has 214 valence electrons. The number of hydrogen-bond donors (Lipinski definition) is 1. The molecule has 40 heavy (non-hydrogen) atoms. The van der Waals surface area contributed by atoms with E-state index < -0.39 is 15.8 Å². The summed E-state index contributed by atoms with van der Waals surface area (Å²) in [4.78, 5) is 32.9. The number of nitrogens with zero attached hydrogens (tertiary/aromatic N) is 4. The van der Waals surface area contributed by atoms with Crippen LogP contribution in [0.25, 0.3) is 11.3 Å². The van der Waals surface area contributed by atoms with Gasteiger partial charge < -0.3 is 10.2 Å². The van der Waals surface area contributed by atoms with Crippen LogP contribution in [0, 0.1) is 11.7 Å². The highest BCUT2D eigenvalue weighted by Gasteiger charge is 2.33. The molecule has 1 aliphatic rings. The maximum absolute atomic E-state index is 14.7. The Labute approximate surface area is 239 Å². The molecular formula is C28H33ClFN5O4S. The van der Waals surface area contributed by atoms with Crippen LogP contribution in [0.3, 0.4) is 0 Å². The molecule has 0 bridgehead atoms. The van der Waals surface area contributed by atoms with Crippen LogP contribution < -0.4 is 10.2 Å². The smallest absolute Gasteiger partial charge is 0.269 e. The highest BCUT2D eigenvalue weighted by Crippen LogP contribution is 2.30. The van der Waals surface area contributed by atoms with Gasteiger partial charge in [-0.3, -0.25) is 14.5 Å². The summed E-state index contributed by atoms with van der Waals surface area (Å²) in [7, 11) is -2.41. The van der Waals surface area contributed by atoms with Crippen LogP contribution in [0.4, 0.5) is 10.2 Å². The normalized spacial score (nSPS) is 14.5. The number of amides is 2. The van der Waals surface area contributed by atoms with Gasteiger partial charge in [0, 0.05) is 49.6 Å². The Morgan fingerprint density at radius 2 is 1.88 bits per heavy atom. The van der Waals surface area contributed by atoms with Crippen LogP contribution in [-0.4, -0.2) is 66.1 Å². The SMILES string of the molecule is CNCc1cc(-c2ccccc2F)n(S(=O)(=O)c2ccc(N(C(=O)C3CCN(C(=O)CCl)CC3)C(C)C)nc2)c1. The van der Waals surface area contributed by atoms with Crippen molar-refractivity contribution in [2.24, 2.45) is 5.92 Å². The minimum atomic E-state index is -4.14. The molecule has 1 saturated heterocycles. The number of aromatic nitrogens is 2. The molecule has 0 saturated carbocycles. The minimum Gasteiger partial charge on any atom is -0.342 e. The van der Waals surface area contributed by atoms with Crippen molar-refractivity contribution >= 4 is 39.3 Å². The molecule has 1 aromatic carbocycles. The molecule has 3 heterocycles. The van der Waals surface area contributed by atoms with E-state index in [9.17, 15) is 22.4 Å². The molecule has 1 N–H and O–H groups in total. The number of hydrogen-bond acceptors (Lipinski definition) is 6. The topological polar surface area (TPSA) is 105 Å². The summed E-state index contributed by atoms with van der Waals surface area (Å²) >= 11 is 5.66. The second-order valence-corrected chi connectivity index (χ2v) is 12.1. The molecule has 0 aliphatic carbocycles. The number of nitrogens with one attached hydrogen (secondary N) is 1. The minimum absolute atomic E-state index is 0.0858. The molecule has 1 fully saturated rings. The third-order valence-electron chi connectivity index (χ3n) is 6.96. The van der Waals surface area contributed by atoms with Crippen LogP contribution in [0.15, 0.2) is 59.8 Å². The summed E-state index contributed by atoms with van der Waals surface area (Å²) in [5.74, 6) is -0.856. The lowest BCUT2D eigenvalue weighted by atomic mass is 9.94. The predicted octanol–water partition coefficient (Wildman–Crippen LogP) is 3.86. The Kier molecular flexibility index (Phi) is 9.27. The number of pyridine rings is 1. The fourth-order valence-electron chi connectivity index (χ4n) is 4.93. The van der Waals surface area contributed by atoms with Crippen LogP contribution in [0.2, 0.25) is 0 Å². The largest absolute Gasteiger partial charge is 0.342 e. The molecular weight excluding hydrogens is 557 g/mol. The van der Waals surface area contributed by atoms with Crippen molar-refractivity contribution in [1.82, 2.24) is 19.2 Å². The van der Waals surface area contributed by atoms with E-state index in [1.54, 1.807) is 35.0 Å². The predicted molar refractivity (Wildman–Crippen MR) is 152 cm³/mol. The van der Waals surface area contributed by atoms with Gasteiger partial charge in [0.2, 0.25) is 11.8 Å². The van der Waals surface area contributed by atoms with Crippen LogP contribution in [0.5, 0.6) is 0 Å². The average Bonchev–Trinajstić information content (AvgIpc) is 3.38. The van der Waals surface area contributed by atoms with Crippen molar-refractivity contribution in [1.29, 1.82) is 0 Å². The first-order chi connectivity index (χ1) is 19.1. The maximum atomic E-state index is 14.7. The first-order valence-electron chi connectivity index (χ1n) is 13.1. The van der Waals surface area contributed by atoms with Gasteiger partial charge in [-0.05, 0) is 69.6 Å². The Morgan fingerprint density at radius 1 is 1.18 bits per heavy atom. The van der Waals surface area contributed by atoms with E-state index in [0.717, 1.165) is 3.97 Å². The molecule has 0 unspecified atom stereocenters. The van der Waals surface area contributed by atoms with Gasteiger partial charge in [0.15, 0.2) is 0 Å². The quantitative estimate of drug-likeness (QED) is 0.380. The van der Waals surface area contributed by atoms with Crippen molar-refractivity contribution in [2.75, 3.05) is 30.9 Å². The van der Waals surface area contributed by atoms with Crippen LogP contribution >= 0.6 is 11.6 Å². The lowest BCUT2D eigenvalue weighted by molar-refractivity contribution is -0.132. The van der Waals surface area contributed by atoms with Crippen molar-refractivity contribution in [3.8, 4) is 11.3 Å². The molecule has 12 heteroatoms. The number of benzene rings is 1. The van der Waals surface area contributed by atoms with Crippen LogP contribution in [0.1, 0.15) is 32.3 Å². The van der Waals surface area contributed by atoms with Crippen molar-refractivity contribution in [3.05, 3.63) is 66.2 Å². The number of piperidine rings is 1. The number of rotatable bonds is 9. The van der Waals surface area contributed by atoms with E-state index >= 15 is 0 Å². The highest BCUT2D eigenvalue weighted by atomic mass is 35.5. The third kappa shape index (κ3) is 6.06. The van der Waals surface area contributed by atoms with E-state index in [2.05, 4.69) is 10.3 Å². The molecule has 0 atom stereocenters. The number of alkyl halides is 1. The molecule has 1 aliphatic heterocycles. The van der Waals surface area contributed by atoms with Crippen molar-refractivity contribution < 1.29 is 22.4 Å². The van der Waals surface area contributed by atoms with Gasteiger partial charge in [0.05, 0.1) is 5.69 Å². The van der Waals surface area contributed by atoms with E-state index in [0.29, 0.717) is 43.9 Å². The Balaban J connectivity index is 1.62. The molecule has 2 amide bonds. The first-order valence-corrected chi connectivity index (χ1v) is 15.0. The third-order valence-corrected chi connectivity index (χ3v) is 8.85. The second kappa shape index (κ2) is 12.5. The van der Waals surface area contributed by atoms with Gasteiger partial charge in [-0.25, -0.2) is 21.8 Å². The summed E-state index contributed by atoms with van der Waals surface area (Å²) in [5.41, 5.74) is 1.03. The van der Waals surface area contributed by atoms with Gasteiger partial charge in [-0.1, -0.05) is 12.1 Å². The number of anilines is 1. The number of carbonyl (C=O) groups is 2. The maximum Gasteiger partial charge on any atom is 0.269 e. The monoisotopic (exact) mass is 589 g/mol. The van der Waals surface area contributed by atoms with E-state index in [4.69, 9.17) is 11.6 Å². The van der Waals surface area contributed by atoms with E-state index in [1.807, 2.05) is 13.8 Å². The Hall–Kier alpha value is -3.28. The summed E-state index contributed by atoms with van der Waals surface area (Å²) < 4.78 is 43.2. The lowest BCUT2D eigenvalue weighted by Crippen LogP contribution is -2.47. The number of carbonyl (C=O) groups excluding carboxylic acids is 2. The van der Waals surface area contributed by atoms with Gasteiger partial charge in [0.25, 0.3) is 10.0 Å². The van der Waals surface area contributed by atoms with Gasteiger partial charge in [-0.15, -0.1) is 11.6 Å². The van der Waals surface area contributed by atoms with Crippen LogP contribution in [-0.2, 0) is 26.2 Å². The molecule has 0 spiro atoms. The molecule has 0 radical (unpaired) electrons. The zero-order valence-corrected chi connectivity index (χ0v) is 24.3. The molecule has 3 aromatic rings. The van der Waals surface area contributed by atoms with Gasteiger partial charge >= 0.3 is 0 Å². The summed E-state index contributed by atoms with van der Waals surface area (Å²) in [5, 5.41) is 2.98. The van der Waals surface area contributed by atoms with E-state index in [1.165, 1.54) is 36.7 Å². The fourth-order valence-corrected chi connectivity index (χ4v) is 6.44. The summed E-state index contributed by atoms with van der Waals surface area (Å²) in [6.45, 7) is 5.02. The second-order valence-electron chi connectivity index (χ2n) is 9.99. The molecule has 4 rings (SSSR count). The summed E-state index contributed by atoms with van der Waals surface area (Å²) in [6, 6.07) is 10.3. The first kappa shape index (κ1) is 29.7. The number of likely N-dealkylation sites (tertiary alicyclic amines) is 1. The zero-order valence-electron chi connectivity index (χ0n) is 22.7. The number of halogens is 2. The molecule has 2 aromatic heterocycles.